The molecule has 0 bridgehead atoms. The second kappa shape index (κ2) is 9.19. The third-order valence-electron chi connectivity index (χ3n) is 4.08. The topological polar surface area (TPSA) is 63.2 Å². The molecule has 0 unspecified atom stereocenters. The van der Waals surface area contributed by atoms with Crippen LogP contribution in [0, 0.1) is 5.82 Å². The Balaban J connectivity index is 1.58. The van der Waals surface area contributed by atoms with Crippen molar-refractivity contribution in [2.75, 3.05) is 24.3 Å². The van der Waals surface area contributed by atoms with Gasteiger partial charge in [0, 0.05) is 24.0 Å². The number of carbonyl (C=O) groups is 1. The highest BCUT2D eigenvalue weighted by Crippen LogP contribution is 2.20. The van der Waals surface area contributed by atoms with Crippen LogP contribution in [0.1, 0.15) is 15.9 Å². The molecule has 1 amide bonds. The van der Waals surface area contributed by atoms with Gasteiger partial charge in [-0.2, -0.15) is 0 Å². The zero-order chi connectivity index (χ0) is 19.9. The summed E-state index contributed by atoms with van der Waals surface area (Å²) in [6, 6.07) is 15.1. The second-order valence-electron chi connectivity index (χ2n) is 6.04. The Morgan fingerprint density at radius 2 is 1.93 bits per heavy atom. The largest absolute Gasteiger partial charge is 0.497 e. The molecule has 0 aliphatic rings. The molecule has 2 aromatic carbocycles. The van der Waals surface area contributed by atoms with Crippen LogP contribution in [0.15, 0.2) is 60.8 Å². The molecule has 0 aliphatic carbocycles. The normalized spacial score (nSPS) is 10.4. The minimum Gasteiger partial charge on any atom is -0.497 e. The molecule has 3 rings (SSSR count). The van der Waals surface area contributed by atoms with Crippen LogP contribution in [-0.4, -0.2) is 24.5 Å². The zero-order valence-electron chi connectivity index (χ0n) is 15.2. The van der Waals surface area contributed by atoms with Crippen LogP contribution in [0.25, 0.3) is 0 Å². The van der Waals surface area contributed by atoms with Gasteiger partial charge in [0.05, 0.1) is 12.1 Å². The van der Waals surface area contributed by atoms with Gasteiger partial charge < -0.3 is 15.4 Å². The Hall–Kier alpha value is -3.12. The van der Waals surface area contributed by atoms with Gasteiger partial charge in [0.1, 0.15) is 17.4 Å². The van der Waals surface area contributed by atoms with Crippen molar-refractivity contribution >= 4 is 29.0 Å². The van der Waals surface area contributed by atoms with E-state index in [-0.39, 0.29) is 10.9 Å². The Morgan fingerprint density at radius 1 is 1.14 bits per heavy atom. The van der Waals surface area contributed by atoms with E-state index in [2.05, 4.69) is 15.6 Å². The minimum absolute atomic E-state index is 0.0478. The lowest BCUT2D eigenvalue weighted by Gasteiger charge is -2.09. The van der Waals surface area contributed by atoms with E-state index in [1.165, 1.54) is 18.2 Å². The van der Waals surface area contributed by atoms with E-state index in [0.29, 0.717) is 23.6 Å². The highest BCUT2D eigenvalue weighted by Gasteiger charge is 2.09. The van der Waals surface area contributed by atoms with Gasteiger partial charge in [-0.3, -0.25) is 4.79 Å². The van der Waals surface area contributed by atoms with Gasteiger partial charge in [-0.1, -0.05) is 23.7 Å². The summed E-state index contributed by atoms with van der Waals surface area (Å²) < 4.78 is 18.4. The second-order valence-corrected chi connectivity index (χ2v) is 6.44. The van der Waals surface area contributed by atoms with Crippen LogP contribution in [0.2, 0.25) is 5.02 Å². The van der Waals surface area contributed by atoms with Crippen molar-refractivity contribution in [2.24, 2.45) is 0 Å². The van der Waals surface area contributed by atoms with Crippen LogP contribution < -0.4 is 15.4 Å². The molecule has 0 atom stereocenters. The number of methoxy groups -OCH3 is 1. The maximum Gasteiger partial charge on any atom is 0.255 e. The SMILES string of the molecule is COc1ccc(CCNc2cc(C(=O)Nc3ccc(F)c(Cl)c3)ccn2)cc1. The molecule has 2 N–H and O–H groups in total. The standard InChI is InChI=1S/C21H19ClFN3O2/c1-28-17-5-2-14(3-6-17)8-10-24-20-12-15(9-11-25-20)21(27)26-16-4-7-19(23)18(22)13-16/h2-7,9,11-13H,8,10H2,1H3,(H,24,25)(H,26,27). The summed E-state index contributed by atoms with van der Waals surface area (Å²) in [7, 11) is 1.63. The summed E-state index contributed by atoms with van der Waals surface area (Å²) in [4.78, 5) is 16.6. The van der Waals surface area contributed by atoms with Crippen LogP contribution in [0.3, 0.4) is 0 Å². The minimum atomic E-state index is -0.535. The number of hydrogen-bond acceptors (Lipinski definition) is 4. The lowest BCUT2D eigenvalue weighted by molar-refractivity contribution is 0.102. The lowest BCUT2D eigenvalue weighted by atomic mass is 10.1. The number of nitrogens with zero attached hydrogens (tertiary/aromatic N) is 1. The first-order valence-electron chi connectivity index (χ1n) is 8.64. The predicted octanol–water partition coefficient (Wildman–Crippen LogP) is 4.79. The summed E-state index contributed by atoms with van der Waals surface area (Å²) in [5.74, 6) is 0.549. The van der Waals surface area contributed by atoms with Gasteiger partial charge in [-0.25, -0.2) is 9.37 Å². The van der Waals surface area contributed by atoms with E-state index in [1.54, 1.807) is 25.4 Å². The molecule has 0 aliphatic heterocycles. The third kappa shape index (κ3) is 5.20. The molecule has 0 saturated carbocycles. The molecular formula is C21H19ClFN3O2. The summed E-state index contributed by atoms with van der Waals surface area (Å²) in [5, 5.41) is 5.85. The molecule has 5 nitrogen and oxygen atoms in total. The van der Waals surface area contributed by atoms with Crippen molar-refractivity contribution in [3.8, 4) is 5.75 Å². The predicted molar refractivity (Wildman–Crippen MR) is 109 cm³/mol. The molecule has 0 saturated heterocycles. The average molecular weight is 400 g/mol. The van der Waals surface area contributed by atoms with Gasteiger partial charge in [-0.15, -0.1) is 0 Å². The molecule has 0 spiro atoms. The van der Waals surface area contributed by atoms with Crippen molar-refractivity contribution in [2.45, 2.75) is 6.42 Å². The highest BCUT2D eigenvalue weighted by atomic mass is 35.5. The molecule has 28 heavy (non-hydrogen) atoms. The Labute approximate surface area is 167 Å². The number of hydrogen-bond donors (Lipinski definition) is 2. The number of carbonyl (C=O) groups excluding carboxylic acids is 1. The number of anilines is 2. The Bertz CT molecular complexity index is 964. The van der Waals surface area contributed by atoms with E-state index in [0.717, 1.165) is 17.7 Å². The van der Waals surface area contributed by atoms with Crippen LogP contribution in [0.5, 0.6) is 5.75 Å². The molecule has 7 heteroatoms. The highest BCUT2D eigenvalue weighted by molar-refractivity contribution is 6.31. The van der Waals surface area contributed by atoms with Gasteiger partial charge in [0.25, 0.3) is 5.91 Å². The first-order chi connectivity index (χ1) is 13.5. The smallest absolute Gasteiger partial charge is 0.255 e. The molecular weight excluding hydrogens is 381 g/mol. The fraction of sp³-hybridized carbons (Fsp3) is 0.143. The summed E-state index contributed by atoms with van der Waals surface area (Å²) in [5.41, 5.74) is 2.01. The van der Waals surface area contributed by atoms with Gasteiger partial charge in [-0.05, 0) is 54.4 Å². The fourth-order valence-electron chi connectivity index (χ4n) is 2.57. The monoisotopic (exact) mass is 399 g/mol. The number of amides is 1. The van der Waals surface area contributed by atoms with Crippen molar-refractivity contribution in [1.29, 1.82) is 0 Å². The molecule has 3 aromatic rings. The molecule has 1 aromatic heterocycles. The average Bonchev–Trinajstić information content (AvgIpc) is 2.71. The summed E-state index contributed by atoms with van der Waals surface area (Å²) in [6.07, 6.45) is 2.36. The maximum absolute atomic E-state index is 13.2. The van der Waals surface area contributed by atoms with E-state index in [9.17, 15) is 9.18 Å². The van der Waals surface area contributed by atoms with E-state index in [4.69, 9.17) is 16.3 Å². The fourth-order valence-corrected chi connectivity index (χ4v) is 2.75. The molecule has 144 valence electrons. The quantitative estimate of drug-likeness (QED) is 0.599. The number of halogens is 2. The number of aromatic nitrogens is 1. The van der Waals surface area contributed by atoms with Gasteiger partial charge >= 0.3 is 0 Å². The number of benzene rings is 2. The third-order valence-corrected chi connectivity index (χ3v) is 4.37. The number of nitrogens with one attached hydrogen (secondary N) is 2. The van der Waals surface area contributed by atoms with Crippen LogP contribution >= 0.6 is 11.6 Å². The molecule has 0 fully saturated rings. The van der Waals surface area contributed by atoms with Crippen molar-refractivity contribution < 1.29 is 13.9 Å². The van der Waals surface area contributed by atoms with Crippen molar-refractivity contribution in [3.63, 3.8) is 0 Å². The Morgan fingerprint density at radius 3 is 2.64 bits per heavy atom. The number of pyridine rings is 1. The maximum atomic E-state index is 13.2. The zero-order valence-corrected chi connectivity index (χ0v) is 16.0. The Kier molecular flexibility index (Phi) is 6.45. The molecule has 0 radical (unpaired) electrons. The van der Waals surface area contributed by atoms with Crippen LogP contribution in [-0.2, 0) is 6.42 Å². The van der Waals surface area contributed by atoms with E-state index in [1.807, 2.05) is 24.3 Å². The summed E-state index contributed by atoms with van der Waals surface area (Å²) >= 11 is 5.74. The summed E-state index contributed by atoms with van der Waals surface area (Å²) in [6.45, 7) is 0.665. The number of rotatable bonds is 7. The van der Waals surface area contributed by atoms with Crippen molar-refractivity contribution in [1.82, 2.24) is 4.98 Å². The first kappa shape index (κ1) is 19.6. The van der Waals surface area contributed by atoms with E-state index >= 15 is 0 Å². The first-order valence-corrected chi connectivity index (χ1v) is 9.02. The van der Waals surface area contributed by atoms with Gasteiger partial charge in [0.2, 0.25) is 0 Å². The molecule has 1 heterocycles. The number of ether oxygens (including phenoxy) is 1. The lowest BCUT2D eigenvalue weighted by Crippen LogP contribution is -2.13. The van der Waals surface area contributed by atoms with Crippen LogP contribution in [0.4, 0.5) is 15.9 Å². The van der Waals surface area contributed by atoms with Gasteiger partial charge in [0.15, 0.2) is 0 Å². The van der Waals surface area contributed by atoms with Crippen molar-refractivity contribution in [3.05, 3.63) is 82.8 Å². The van der Waals surface area contributed by atoms with E-state index < -0.39 is 5.82 Å².